The summed E-state index contributed by atoms with van der Waals surface area (Å²) in [5, 5.41) is 4.03. The van der Waals surface area contributed by atoms with E-state index >= 15 is 0 Å². The Balaban J connectivity index is 1.56. The smallest absolute Gasteiger partial charge is 0.234 e. The fraction of sp³-hybridized carbons (Fsp3) is 0.188. The molecule has 0 saturated carbocycles. The number of aromatic nitrogens is 2. The molecule has 0 fully saturated rings. The third-order valence-corrected chi connectivity index (χ3v) is 6.21. The minimum absolute atomic E-state index is 0.195. The summed E-state index contributed by atoms with van der Waals surface area (Å²) in [5.74, 6) is -0.565. The van der Waals surface area contributed by atoms with Gasteiger partial charge >= 0.3 is 0 Å². The number of sulfonamides is 2. The van der Waals surface area contributed by atoms with Crippen LogP contribution in [0.15, 0.2) is 60.9 Å². The Morgan fingerprint density at radius 2 is 1.73 bits per heavy atom. The lowest BCUT2D eigenvalue weighted by Crippen LogP contribution is -2.32. The van der Waals surface area contributed by atoms with E-state index in [1.54, 1.807) is 65.4 Å². The average Bonchev–Trinajstić information content (AvgIpc) is 3.02. The highest BCUT2D eigenvalue weighted by atomic mass is 32.2. The van der Waals surface area contributed by atoms with Gasteiger partial charge in [-0.3, -0.25) is 4.72 Å². The molecule has 0 saturated heterocycles. The maximum absolute atomic E-state index is 12.2. The third-order valence-electron chi connectivity index (χ3n) is 3.57. The molecule has 0 aliphatic heterocycles. The number of fused-ring (bicyclic) bond motifs is 1. The number of hydrogen-bond donors (Lipinski definition) is 2. The number of nitrogens with zero attached hydrogens (tertiary/aromatic N) is 2. The molecule has 1 aromatic carbocycles. The molecule has 2 heterocycles. The number of hydrogen-bond acceptors (Lipinski definition) is 5. The lowest BCUT2D eigenvalue weighted by molar-refractivity contribution is 0.581. The second kappa shape index (κ2) is 7.44. The molecule has 2 N–H and O–H groups in total. The molecule has 3 rings (SSSR count). The zero-order valence-electron chi connectivity index (χ0n) is 13.7. The average molecular weight is 394 g/mol. The molecule has 138 valence electrons. The Labute approximate surface area is 152 Å². The Morgan fingerprint density at radius 3 is 2.50 bits per heavy atom. The van der Waals surface area contributed by atoms with Crippen LogP contribution in [-0.2, 0) is 25.8 Å². The first-order chi connectivity index (χ1) is 12.3. The predicted molar refractivity (Wildman–Crippen MR) is 99.7 cm³/mol. The summed E-state index contributed by atoms with van der Waals surface area (Å²) >= 11 is 0. The van der Waals surface area contributed by atoms with Crippen molar-refractivity contribution in [3.8, 4) is 0 Å². The van der Waals surface area contributed by atoms with Gasteiger partial charge in [0, 0.05) is 18.9 Å². The van der Waals surface area contributed by atoms with Gasteiger partial charge in [-0.25, -0.2) is 26.1 Å². The van der Waals surface area contributed by atoms with Gasteiger partial charge in [0.1, 0.15) is 0 Å². The lowest BCUT2D eigenvalue weighted by atomic mass is 10.2. The second-order valence-corrected chi connectivity index (χ2v) is 9.32. The van der Waals surface area contributed by atoms with Crippen molar-refractivity contribution in [2.75, 3.05) is 17.0 Å². The standard InChI is InChI=1S/C16H18N4O4S2/c21-25(22,19-15-7-10-20-16(12-15)6-8-17-20)11-9-18-26(23,24)13-14-4-2-1-3-5-14/h1-8,10,12,18-19H,9,11,13H2. The maximum atomic E-state index is 12.2. The van der Waals surface area contributed by atoms with Crippen molar-refractivity contribution in [2.45, 2.75) is 5.75 Å². The molecular weight excluding hydrogens is 376 g/mol. The van der Waals surface area contributed by atoms with Gasteiger partial charge in [-0.05, 0) is 23.8 Å². The van der Waals surface area contributed by atoms with Crippen LogP contribution in [0, 0.1) is 0 Å². The van der Waals surface area contributed by atoms with Crippen LogP contribution in [0.5, 0.6) is 0 Å². The molecule has 2 aromatic heterocycles. The molecule has 0 amide bonds. The van der Waals surface area contributed by atoms with Crippen LogP contribution in [0.2, 0.25) is 0 Å². The van der Waals surface area contributed by atoms with E-state index in [9.17, 15) is 16.8 Å². The van der Waals surface area contributed by atoms with Crippen LogP contribution in [-0.4, -0.2) is 38.7 Å². The highest BCUT2D eigenvalue weighted by Gasteiger charge is 2.15. The van der Waals surface area contributed by atoms with Crippen LogP contribution in [0.1, 0.15) is 5.56 Å². The minimum atomic E-state index is -3.69. The van der Waals surface area contributed by atoms with Crippen LogP contribution in [0.25, 0.3) is 5.52 Å². The minimum Gasteiger partial charge on any atom is -0.283 e. The van der Waals surface area contributed by atoms with Gasteiger partial charge in [0.15, 0.2) is 0 Å². The molecule has 0 aliphatic rings. The number of pyridine rings is 1. The van der Waals surface area contributed by atoms with E-state index in [4.69, 9.17) is 0 Å². The first-order valence-electron chi connectivity index (χ1n) is 7.78. The Morgan fingerprint density at radius 1 is 0.962 bits per heavy atom. The molecule has 0 radical (unpaired) electrons. The molecule has 26 heavy (non-hydrogen) atoms. The summed E-state index contributed by atoms with van der Waals surface area (Å²) in [6.45, 7) is -0.209. The Hall–Kier alpha value is -2.43. The molecular formula is C16H18N4O4S2. The van der Waals surface area contributed by atoms with Gasteiger partial charge in [-0.2, -0.15) is 5.10 Å². The van der Waals surface area contributed by atoms with Gasteiger partial charge in [0.2, 0.25) is 20.0 Å². The monoisotopic (exact) mass is 394 g/mol. The van der Waals surface area contributed by atoms with Crippen LogP contribution < -0.4 is 9.44 Å². The van der Waals surface area contributed by atoms with Gasteiger partial charge in [0.25, 0.3) is 0 Å². The van der Waals surface area contributed by atoms with Crippen molar-refractivity contribution < 1.29 is 16.8 Å². The molecule has 0 atom stereocenters. The summed E-state index contributed by atoms with van der Waals surface area (Å²) < 4.78 is 54.7. The predicted octanol–water partition coefficient (Wildman–Crippen LogP) is 1.20. The van der Waals surface area contributed by atoms with Crippen molar-refractivity contribution in [3.63, 3.8) is 0 Å². The highest BCUT2D eigenvalue weighted by molar-refractivity contribution is 7.92. The topological polar surface area (TPSA) is 110 Å². The number of nitrogens with one attached hydrogen (secondary N) is 2. The van der Waals surface area contributed by atoms with Crippen molar-refractivity contribution in [2.24, 2.45) is 0 Å². The molecule has 0 spiro atoms. The van der Waals surface area contributed by atoms with Gasteiger partial charge in [-0.1, -0.05) is 30.3 Å². The van der Waals surface area contributed by atoms with Crippen LogP contribution >= 0.6 is 0 Å². The molecule has 0 bridgehead atoms. The van der Waals surface area contributed by atoms with E-state index in [2.05, 4.69) is 14.5 Å². The van der Waals surface area contributed by atoms with E-state index in [0.717, 1.165) is 5.52 Å². The van der Waals surface area contributed by atoms with Gasteiger partial charge in [0.05, 0.1) is 22.7 Å². The van der Waals surface area contributed by atoms with E-state index < -0.39 is 20.0 Å². The fourth-order valence-electron chi connectivity index (χ4n) is 2.39. The van der Waals surface area contributed by atoms with Crippen molar-refractivity contribution in [1.29, 1.82) is 0 Å². The Kier molecular flexibility index (Phi) is 5.25. The summed E-state index contributed by atoms with van der Waals surface area (Å²) in [4.78, 5) is 0. The van der Waals surface area contributed by atoms with Crippen LogP contribution in [0.3, 0.4) is 0 Å². The first-order valence-corrected chi connectivity index (χ1v) is 11.1. The van der Waals surface area contributed by atoms with Gasteiger partial charge < -0.3 is 0 Å². The first kappa shape index (κ1) is 18.4. The Bertz CT molecular complexity index is 1090. The summed E-state index contributed by atoms with van der Waals surface area (Å²) in [6, 6.07) is 13.7. The van der Waals surface area contributed by atoms with Crippen LogP contribution in [0.4, 0.5) is 5.69 Å². The molecule has 0 unspecified atom stereocenters. The zero-order chi connectivity index (χ0) is 18.6. The fourth-order valence-corrected chi connectivity index (χ4v) is 4.63. The largest absolute Gasteiger partial charge is 0.283 e. The molecule has 10 heteroatoms. The third kappa shape index (κ3) is 5.04. The van der Waals surface area contributed by atoms with E-state index in [-0.39, 0.29) is 18.1 Å². The molecule has 3 aromatic rings. The lowest BCUT2D eigenvalue weighted by Gasteiger charge is -2.10. The number of anilines is 1. The van der Waals surface area contributed by atoms with Crippen molar-refractivity contribution in [1.82, 2.24) is 14.3 Å². The normalized spacial score (nSPS) is 12.3. The van der Waals surface area contributed by atoms with Crippen molar-refractivity contribution >= 4 is 31.3 Å². The number of rotatable bonds is 8. The second-order valence-electron chi connectivity index (χ2n) is 5.68. The molecule has 8 nitrogen and oxygen atoms in total. The number of benzene rings is 1. The van der Waals surface area contributed by atoms with E-state index in [1.807, 2.05) is 0 Å². The van der Waals surface area contributed by atoms with E-state index in [0.29, 0.717) is 11.3 Å². The maximum Gasteiger partial charge on any atom is 0.234 e. The SMILES string of the molecule is O=S(=O)(Cc1ccccc1)NCCS(=O)(=O)Nc1ccn2nccc2c1. The van der Waals surface area contributed by atoms with Gasteiger partial charge in [-0.15, -0.1) is 0 Å². The van der Waals surface area contributed by atoms with E-state index in [1.165, 1.54) is 0 Å². The summed E-state index contributed by atoms with van der Waals surface area (Å²) in [7, 11) is -7.29. The van der Waals surface area contributed by atoms with Crippen molar-refractivity contribution in [3.05, 3.63) is 66.5 Å². The summed E-state index contributed by atoms with van der Waals surface area (Å²) in [6.07, 6.45) is 3.24. The molecule has 0 aliphatic carbocycles. The summed E-state index contributed by atoms with van der Waals surface area (Å²) in [5.41, 5.74) is 1.77. The zero-order valence-corrected chi connectivity index (χ0v) is 15.4. The highest BCUT2D eigenvalue weighted by Crippen LogP contribution is 2.13. The quantitative estimate of drug-likeness (QED) is 0.596.